The summed E-state index contributed by atoms with van der Waals surface area (Å²) in [5.74, 6) is 0.732. The molecule has 0 radical (unpaired) electrons. The first kappa shape index (κ1) is 20.3. The van der Waals surface area contributed by atoms with Crippen LogP contribution in [0, 0.1) is 5.82 Å². The van der Waals surface area contributed by atoms with Crippen molar-refractivity contribution >= 4 is 33.3 Å². The Morgan fingerprint density at radius 1 is 1.17 bits per heavy atom. The zero-order chi connectivity index (χ0) is 21.1. The lowest BCUT2D eigenvalue weighted by Gasteiger charge is -2.36. The van der Waals surface area contributed by atoms with Crippen molar-refractivity contribution in [2.75, 3.05) is 36.4 Å². The normalized spacial score (nSPS) is 14.1. The van der Waals surface area contributed by atoms with Gasteiger partial charge >= 0.3 is 6.03 Å². The third-order valence-corrected chi connectivity index (χ3v) is 5.49. The van der Waals surface area contributed by atoms with E-state index in [-0.39, 0.29) is 11.7 Å². The van der Waals surface area contributed by atoms with Gasteiger partial charge in [0, 0.05) is 48.3 Å². The number of nitrogens with one attached hydrogen (secondary N) is 1. The summed E-state index contributed by atoms with van der Waals surface area (Å²) in [6, 6.07) is 12.2. The predicted molar refractivity (Wildman–Crippen MR) is 116 cm³/mol. The smallest absolute Gasteiger partial charge is 0.322 e. The number of anilines is 2. The fraction of sp³-hybridized carbons (Fsp3) is 0.286. The third-order valence-electron chi connectivity index (χ3n) is 5.00. The van der Waals surface area contributed by atoms with Crippen LogP contribution in [0.25, 0.3) is 11.4 Å². The number of carbonyl (C=O) groups is 1. The van der Waals surface area contributed by atoms with Crippen molar-refractivity contribution < 1.29 is 13.7 Å². The van der Waals surface area contributed by atoms with E-state index >= 15 is 0 Å². The Kier molecular flexibility index (Phi) is 5.98. The van der Waals surface area contributed by atoms with Crippen molar-refractivity contribution in [3.63, 3.8) is 0 Å². The molecule has 2 amide bonds. The number of nitrogens with zero attached hydrogens (tertiary/aromatic N) is 4. The second-order valence-corrected chi connectivity index (χ2v) is 7.86. The van der Waals surface area contributed by atoms with E-state index in [1.54, 1.807) is 17.0 Å². The molecule has 0 saturated carbocycles. The number of amides is 2. The first-order chi connectivity index (χ1) is 14.5. The van der Waals surface area contributed by atoms with Crippen molar-refractivity contribution in [3.05, 3.63) is 58.6 Å². The highest BCUT2D eigenvalue weighted by atomic mass is 79.9. The van der Waals surface area contributed by atoms with Gasteiger partial charge in [-0.1, -0.05) is 28.0 Å². The molecule has 0 unspecified atom stereocenters. The van der Waals surface area contributed by atoms with Gasteiger partial charge in [0.25, 0.3) is 0 Å². The number of benzene rings is 2. The molecule has 30 heavy (non-hydrogen) atoms. The first-order valence-corrected chi connectivity index (χ1v) is 10.5. The Labute approximate surface area is 182 Å². The molecule has 7 nitrogen and oxygen atoms in total. The number of hydrogen-bond acceptors (Lipinski definition) is 5. The van der Waals surface area contributed by atoms with E-state index in [0.717, 1.165) is 11.3 Å². The van der Waals surface area contributed by atoms with Crippen LogP contribution >= 0.6 is 15.9 Å². The summed E-state index contributed by atoms with van der Waals surface area (Å²) in [6.07, 6.45) is 0.706. The lowest BCUT2D eigenvalue weighted by Crippen LogP contribution is -2.50. The fourth-order valence-electron chi connectivity index (χ4n) is 3.29. The monoisotopic (exact) mass is 473 g/mol. The second kappa shape index (κ2) is 8.83. The van der Waals surface area contributed by atoms with Crippen molar-refractivity contribution in [1.29, 1.82) is 0 Å². The van der Waals surface area contributed by atoms with Gasteiger partial charge in [0.2, 0.25) is 11.7 Å². The molecule has 156 valence electrons. The van der Waals surface area contributed by atoms with Crippen LogP contribution in [0.5, 0.6) is 0 Å². The van der Waals surface area contributed by atoms with Crippen LogP contribution in [0.3, 0.4) is 0 Å². The van der Waals surface area contributed by atoms with Crippen LogP contribution in [-0.4, -0.2) is 47.3 Å². The summed E-state index contributed by atoms with van der Waals surface area (Å²) in [7, 11) is 0. The molecule has 1 saturated heterocycles. The van der Waals surface area contributed by atoms with Crippen LogP contribution in [0.2, 0.25) is 0 Å². The number of halogens is 2. The van der Waals surface area contributed by atoms with Gasteiger partial charge in [0.1, 0.15) is 5.82 Å². The maximum Gasteiger partial charge on any atom is 0.322 e. The molecule has 2 heterocycles. The van der Waals surface area contributed by atoms with E-state index in [1.807, 2.05) is 31.2 Å². The molecule has 1 aliphatic rings. The number of piperazine rings is 1. The van der Waals surface area contributed by atoms with Gasteiger partial charge in [-0.2, -0.15) is 4.98 Å². The van der Waals surface area contributed by atoms with Gasteiger partial charge in [0.05, 0.1) is 5.69 Å². The topological polar surface area (TPSA) is 74.5 Å². The van der Waals surface area contributed by atoms with Crippen molar-refractivity contribution in [2.45, 2.75) is 13.3 Å². The summed E-state index contributed by atoms with van der Waals surface area (Å²) in [6.45, 7) is 4.46. The highest BCUT2D eigenvalue weighted by molar-refractivity contribution is 9.10. The highest BCUT2D eigenvalue weighted by Crippen LogP contribution is 2.23. The quantitative estimate of drug-likeness (QED) is 0.601. The Balaban J connectivity index is 1.34. The fourth-order valence-corrected chi connectivity index (χ4v) is 3.62. The maximum absolute atomic E-state index is 14.0. The summed E-state index contributed by atoms with van der Waals surface area (Å²) in [5, 5.41) is 6.64. The van der Waals surface area contributed by atoms with Crippen LogP contribution in [-0.2, 0) is 6.42 Å². The van der Waals surface area contributed by atoms with Crippen LogP contribution in [0.1, 0.15) is 12.8 Å². The summed E-state index contributed by atoms with van der Waals surface area (Å²) in [4.78, 5) is 20.7. The molecule has 0 aliphatic carbocycles. The van der Waals surface area contributed by atoms with Crippen LogP contribution < -0.4 is 10.2 Å². The summed E-state index contributed by atoms with van der Waals surface area (Å²) >= 11 is 3.21. The standard InChI is InChI=1S/C21H21BrFN5O2/c1-2-19-25-20(26-30-19)14-3-6-16(7-4-14)27-9-11-28(12-10-27)21(29)24-18-8-5-15(22)13-17(18)23/h3-8,13H,2,9-12H2,1H3,(H,24,29). The molecule has 1 aromatic heterocycles. The third kappa shape index (κ3) is 4.46. The number of urea groups is 1. The number of aryl methyl sites for hydroxylation is 1. The number of aromatic nitrogens is 2. The van der Waals surface area contributed by atoms with Crippen molar-refractivity contribution in [3.8, 4) is 11.4 Å². The SMILES string of the molecule is CCc1nc(-c2ccc(N3CCN(C(=O)Nc4ccc(Br)cc4F)CC3)cc2)no1. The minimum atomic E-state index is -0.468. The second-order valence-electron chi connectivity index (χ2n) is 6.94. The molecule has 9 heteroatoms. The number of hydrogen-bond donors (Lipinski definition) is 1. The van der Waals surface area contributed by atoms with Gasteiger partial charge in [-0.25, -0.2) is 9.18 Å². The molecule has 0 atom stereocenters. The van der Waals surface area contributed by atoms with Gasteiger partial charge in [-0.05, 0) is 42.5 Å². The maximum atomic E-state index is 14.0. The van der Waals surface area contributed by atoms with Crippen LogP contribution in [0.15, 0.2) is 51.5 Å². The first-order valence-electron chi connectivity index (χ1n) is 9.72. The molecule has 1 fully saturated rings. The van der Waals surface area contributed by atoms with Gasteiger partial charge in [-0.3, -0.25) is 0 Å². The van der Waals surface area contributed by atoms with E-state index in [1.165, 1.54) is 6.07 Å². The summed E-state index contributed by atoms with van der Waals surface area (Å²) < 4.78 is 19.7. The lowest BCUT2D eigenvalue weighted by molar-refractivity contribution is 0.208. The van der Waals surface area contributed by atoms with E-state index in [4.69, 9.17) is 4.52 Å². The molecular formula is C21H21BrFN5O2. The molecule has 1 N–H and O–H groups in total. The van der Waals surface area contributed by atoms with Gasteiger partial charge in [-0.15, -0.1) is 0 Å². The van der Waals surface area contributed by atoms with Gasteiger partial charge < -0.3 is 19.6 Å². The molecular weight excluding hydrogens is 453 g/mol. The van der Waals surface area contributed by atoms with Gasteiger partial charge in [0.15, 0.2) is 0 Å². The molecule has 1 aliphatic heterocycles. The average molecular weight is 474 g/mol. The molecule has 4 rings (SSSR count). The Bertz CT molecular complexity index is 1030. The van der Waals surface area contributed by atoms with E-state index in [0.29, 0.717) is 48.8 Å². The van der Waals surface area contributed by atoms with E-state index in [9.17, 15) is 9.18 Å². The Hall–Kier alpha value is -2.94. The minimum absolute atomic E-state index is 0.175. The predicted octanol–water partition coefficient (Wildman–Crippen LogP) is 4.55. The van der Waals surface area contributed by atoms with E-state index in [2.05, 4.69) is 36.3 Å². The summed E-state index contributed by atoms with van der Waals surface area (Å²) in [5.41, 5.74) is 2.14. The van der Waals surface area contributed by atoms with Crippen molar-refractivity contribution in [2.24, 2.45) is 0 Å². The largest absolute Gasteiger partial charge is 0.368 e. The van der Waals surface area contributed by atoms with E-state index < -0.39 is 5.82 Å². The molecule has 0 spiro atoms. The Morgan fingerprint density at radius 3 is 2.53 bits per heavy atom. The number of rotatable bonds is 4. The molecule has 0 bridgehead atoms. The Morgan fingerprint density at radius 2 is 1.90 bits per heavy atom. The average Bonchev–Trinajstić information content (AvgIpc) is 3.25. The minimum Gasteiger partial charge on any atom is -0.368 e. The van der Waals surface area contributed by atoms with Crippen LogP contribution in [0.4, 0.5) is 20.6 Å². The molecule has 3 aromatic rings. The van der Waals surface area contributed by atoms with Crippen molar-refractivity contribution in [1.82, 2.24) is 15.0 Å². The highest BCUT2D eigenvalue weighted by Gasteiger charge is 2.22. The zero-order valence-corrected chi connectivity index (χ0v) is 18.0. The zero-order valence-electron chi connectivity index (χ0n) is 16.4. The lowest BCUT2D eigenvalue weighted by atomic mass is 10.1. The molecule has 2 aromatic carbocycles. The number of carbonyl (C=O) groups excluding carboxylic acids is 1.